The lowest BCUT2D eigenvalue weighted by molar-refractivity contribution is -0.117. The number of likely N-dealkylation sites (tertiary alicyclic amines) is 1. The average molecular weight is 265 g/mol. The lowest BCUT2D eigenvalue weighted by atomic mass is 10.00. The zero-order valence-corrected chi connectivity index (χ0v) is 11.6. The number of nitriles is 1. The van der Waals surface area contributed by atoms with E-state index in [1.165, 1.54) is 0 Å². The summed E-state index contributed by atoms with van der Waals surface area (Å²) >= 11 is 0. The largest absolute Gasteiger partial charge is 0.396 e. The summed E-state index contributed by atoms with van der Waals surface area (Å²) in [5.41, 5.74) is 0.151. The van der Waals surface area contributed by atoms with Gasteiger partial charge in [-0.15, -0.1) is 0 Å². The van der Waals surface area contributed by atoms with E-state index in [-0.39, 0.29) is 24.1 Å². The first-order chi connectivity index (χ1) is 9.22. The van der Waals surface area contributed by atoms with Crippen molar-refractivity contribution in [3.8, 4) is 6.07 Å². The first-order valence-electron chi connectivity index (χ1n) is 6.99. The molecule has 19 heavy (non-hydrogen) atoms. The Morgan fingerprint density at radius 1 is 1.58 bits per heavy atom. The van der Waals surface area contributed by atoms with Crippen LogP contribution >= 0.6 is 0 Å². The number of hydrogen-bond acceptors (Lipinski definition) is 4. The molecule has 0 aliphatic carbocycles. The molecule has 0 bridgehead atoms. The van der Waals surface area contributed by atoms with Gasteiger partial charge in [0.2, 0.25) is 0 Å². The summed E-state index contributed by atoms with van der Waals surface area (Å²) in [6, 6.07) is 2.20. The third-order valence-electron chi connectivity index (χ3n) is 3.33. The first-order valence-corrected chi connectivity index (χ1v) is 6.99. The molecule has 2 N–H and O–H groups in total. The van der Waals surface area contributed by atoms with Crippen LogP contribution in [0.25, 0.3) is 0 Å². The second-order valence-corrected chi connectivity index (χ2v) is 4.81. The van der Waals surface area contributed by atoms with Crippen LogP contribution in [-0.2, 0) is 4.79 Å². The number of amides is 1. The van der Waals surface area contributed by atoms with E-state index in [1.807, 2.05) is 17.9 Å². The summed E-state index contributed by atoms with van der Waals surface area (Å²) in [6.07, 6.45) is 6.40. The molecule has 1 heterocycles. The molecular weight excluding hydrogens is 242 g/mol. The van der Waals surface area contributed by atoms with E-state index in [9.17, 15) is 4.79 Å². The van der Waals surface area contributed by atoms with Crippen LogP contribution in [0.3, 0.4) is 0 Å². The number of carbonyl (C=O) groups excluding carboxylic acids is 1. The van der Waals surface area contributed by atoms with Crippen molar-refractivity contribution in [2.24, 2.45) is 0 Å². The Balaban J connectivity index is 2.71. The van der Waals surface area contributed by atoms with Gasteiger partial charge < -0.3 is 15.3 Å². The van der Waals surface area contributed by atoms with Gasteiger partial charge >= 0.3 is 0 Å². The second kappa shape index (κ2) is 8.54. The van der Waals surface area contributed by atoms with E-state index in [0.29, 0.717) is 13.0 Å². The monoisotopic (exact) mass is 265 g/mol. The molecule has 0 aromatic heterocycles. The number of piperidine rings is 1. The van der Waals surface area contributed by atoms with Crippen LogP contribution in [0.2, 0.25) is 0 Å². The van der Waals surface area contributed by atoms with Crippen molar-refractivity contribution in [2.75, 3.05) is 19.7 Å². The SMILES string of the molecule is CCCNC(=O)/C(C#N)=C\N1CCCCC1CCO. The smallest absolute Gasteiger partial charge is 0.263 e. The minimum Gasteiger partial charge on any atom is -0.396 e. The molecule has 1 unspecified atom stereocenters. The Bertz CT molecular complexity index is 358. The van der Waals surface area contributed by atoms with Crippen molar-refractivity contribution in [3.63, 3.8) is 0 Å². The van der Waals surface area contributed by atoms with Gasteiger partial charge in [0.25, 0.3) is 5.91 Å². The Morgan fingerprint density at radius 2 is 2.37 bits per heavy atom. The first kappa shape index (κ1) is 15.5. The van der Waals surface area contributed by atoms with Crippen molar-refractivity contribution in [2.45, 2.75) is 45.1 Å². The number of nitrogens with zero attached hydrogens (tertiary/aromatic N) is 2. The number of aliphatic hydroxyl groups excluding tert-OH is 1. The van der Waals surface area contributed by atoms with Crippen LogP contribution in [0.1, 0.15) is 39.0 Å². The van der Waals surface area contributed by atoms with Gasteiger partial charge in [0.15, 0.2) is 0 Å². The van der Waals surface area contributed by atoms with E-state index < -0.39 is 0 Å². The van der Waals surface area contributed by atoms with E-state index in [4.69, 9.17) is 10.4 Å². The van der Waals surface area contributed by atoms with Gasteiger partial charge in [-0.3, -0.25) is 4.79 Å². The van der Waals surface area contributed by atoms with E-state index in [1.54, 1.807) is 6.20 Å². The maximum atomic E-state index is 11.8. The van der Waals surface area contributed by atoms with Gasteiger partial charge in [0.05, 0.1) is 0 Å². The lowest BCUT2D eigenvalue weighted by Crippen LogP contribution is -2.37. The van der Waals surface area contributed by atoms with Crippen molar-refractivity contribution in [1.29, 1.82) is 5.26 Å². The Hall–Kier alpha value is -1.54. The topological polar surface area (TPSA) is 76.4 Å². The van der Waals surface area contributed by atoms with Crippen LogP contribution in [0, 0.1) is 11.3 Å². The normalized spacial score (nSPS) is 19.9. The molecule has 0 saturated carbocycles. The third kappa shape index (κ3) is 4.92. The highest BCUT2D eigenvalue weighted by Gasteiger charge is 2.21. The Morgan fingerprint density at radius 3 is 3.00 bits per heavy atom. The van der Waals surface area contributed by atoms with Crippen molar-refractivity contribution >= 4 is 5.91 Å². The van der Waals surface area contributed by atoms with Crippen molar-refractivity contribution in [3.05, 3.63) is 11.8 Å². The molecule has 1 aliphatic heterocycles. The number of aliphatic hydroxyl groups is 1. The molecule has 1 rings (SSSR count). The highest BCUT2D eigenvalue weighted by atomic mass is 16.3. The predicted octanol–water partition coefficient (Wildman–Crippen LogP) is 1.16. The van der Waals surface area contributed by atoms with Gasteiger partial charge in [-0.05, 0) is 32.1 Å². The average Bonchev–Trinajstić information content (AvgIpc) is 2.44. The maximum Gasteiger partial charge on any atom is 0.263 e. The summed E-state index contributed by atoms with van der Waals surface area (Å²) < 4.78 is 0. The molecule has 1 fully saturated rings. The molecule has 1 saturated heterocycles. The summed E-state index contributed by atoms with van der Waals surface area (Å²) in [5.74, 6) is -0.308. The zero-order chi connectivity index (χ0) is 14.1. The van der Waals surface area contributed by atoms with Gasteiger partial charge in [0.1, 0.15) is 11.6 Å². The van der Waals surface area contributed by atoms with Crippen LogP contribution in [0.15, 0.2) is 11.8 Å². The summed E-state index contributed by atoms with van der Waals surface area (Å²) in [5, 5.41) is 20.9. The van der Waals surface area contributed by atoms with Gasteiger partial charge in [0, 0.05) is 31.9 Å². The molecule has 1 aliphatic rings. The van der Waals surface area contributed by atoms with Crippen LogP contribution in [0.4, 0.5) is 0 Å². The molecule has 5 nitrogen and oxygen atoms in total. The molecule has 1 atom stereocenters. The van der Waals surface area contributed by atoms with Gasteiger partial charge in [-0.25, -0.2) is 0 Å². The second-order valence-electron chi connectivity index (χ2n) is 4.81. The Kier molecular flexibility index (Phi) is 6.98. The highest BCUT2D eigenvalue weighted by molar-refractivity contribution is 5.97. The summed E-state index contributed by atoms with van der Waals surface area (Å²) in [4.78, 5) is 13.8. The number of nitrogens with one attached hydrogen (secondary N) is 1. The summed E-state index contributed by atoms with van der Waals surface area (Å²) in [6.45, 7) is 3.53. The van der Waals surface area contributed by atoms with Gasteiger partial charge in [-0.1, -0.05) is 6.92 Å². The van der Waals surface area contributed by atoms with Crippen LogP contribution in [0.5, 0.6) is 0 Å². The summed E-state index contributed by atoms with van der Waals surface area (Å²) in [7, 11) is 0. The Labute approximate surface area is 114 Å². The standard InChI is InChI=1S/C14H23N3O2/c1-2-7-16-14(19)12(10-15)11-17-8-4-3-5-13(17)6-9-18/h11,13,18H,2-9H2,1H3,(H,16,19)/b12-11-. The van der Waals surface area contributed by atoms with Crippen LogP contribution in [-0.4, -0.2) is 41.7 Å². The quantitative estimate of drug-likeness (QED) is 0.558. The molecule has 106 valence electrons. The molecule has 5 heteroatoms. The number of rotatable bonds is 6. The molecule has 0 spiro atoms. The predicted molar refractivity (Wildman–Crippen MR) is 73.0 cm³/mol. The van der Waals surface area contributed by atoms with Crippen molar-refractivity contribution in [1.82, 2.24) is 10.2 Å². The fraction of sp³-hybridized carbons (Fsp3) is 0.714. The fourth-order valence-corrected chi connectivity index (χ4v) is 2.29. The van der Waals surface area contributed by atoms with Crippen LogP contribution < -0.4 is 5.32 Å². The highest BCUT2D eigenvalue weighted by Crippen LogP contribution is 2.20. The third-order valence-corrected chi connectivity index (χ3v) is 3.33. The van der Waals surface area contributed by atoms with E-state index in [0.717, 1.165) is 32.2 Å². The number of carbonyl (C=O) groups is 1. The number of hydrogen-bond donors (Lipinski definition) is 2. The van der Waals surface area contributed by atoms with E-state index in [2.05, 4.69) is 5.32 Å². The molecule has 0 radical (unpaired) electrons. The van der Waals surface area contributed by atoms with Gasteiger partial charge in [-0.2, -0.15) is 5.26 Å². The van der Waals surface area contributed by atoms with E-state index >= 15 is 0 Å². The van der Waals surface area contributed by atoms with Crippen molar-refractivity contribution < 1.29 is 9.90 Å². The maximum absolute atomic E-state index is 11.8. The lowest BCUT2D eigenvalue weighted by Gasteiger charge is -2.34. The molecular formula is C14H23N3O2. The minimum atomic E-state index is -0.308. The molecule has 1 amide bonds. The molecule has 0 aromatic carbocycles. The minimum absolute atomic E-state index is 0.138. The fourth-order valence-electron chi connectivity index (χ4n) is 2.29. The zero-order valence-electron chi connectivity index (χ0n) is 11.6. The molecule has 0 aromatic rings.